The Balaban J connectivity index is 1.93. The molecule has 1 heterocycles. The molecule has 0 spiro atoms. The number of nitrogens with zero attached hydrogens (tertiary/aromatic N) is 1. The molecule has 0 saturated heterocycles. The van der Waals surface area contributed by atoms with Gasteiger partial charge in [0, 0.05) is 41.0 Å². The number of hydrogen-bond acceptors (Lipinski definition) is 3. The monoisotopic (exact) mass is 455 g/mol. The van der Waals surface area contributed by atoms with Crippen molar-refractivity contribution in [2.75, 3.05) is 13.7 Å². The Bertz CT molecular complexity index is 1160. The quantitative estimate of drug-likeness (QED) is 0.263. The molecule has 0 aliphatic heterocycles. The third kappa shape index (κ3) is 4.48. The summed E-state index contributed by atoms with van der Waals surface area (Å²) in [5, 5.41) is 0.949. The summed E-state index contributed by atoms with van der Waals surface area (Å²) < 4.78 is 40.7. The molecule has 176 valence electrons. The van der Waals surface area contributed by atoms with Crippen LogP contribution in [0.1, 0.15) is 74.5 Å². The lowest BCUT2D eigenvalue weighted by Crippen LogP contribution is -2.37. The van der Waals surface area contributed by atoms with Gasteiger partial charge in [0.2, 0.25) is 0 Å². The van der Waals surface area contributed by atoms with Crippen LogP contribution in [0.25, 0.3) is 22.0 Å². The molecule has 0 atom stereocenters. The number of carbonyl (C=O) groups excluding carboxylic acids is 1. The molecule has 4 nitrogen and oxygen atoms in total. The van der Waals surface area contributed by atoms with Gasteiger partial charge in [0.15, 0.2) is 0 Å². The number of halogens is 2. The number of fused-ring (bicyclic) bond motifs is 1. The van der Waals surface area contributed by atoms with Crippen LogP contribution in [0.3, 0.4) is 0 Å². The SMILES string of the molecule is CCCCOc1ccc2c(c1)c(-c1cccc(C(=O)OC)c1)c(C(C)C)n2C1CC(F)(F)C1. The zero-order chi connectivity index (χ0) is 23.8. The molecule has 33 heavy (non-hydrogen) atoms. The van der Waals surface area contributed by atoms with Gasteiger partial charge in [0.25, 0.3) is 5.92 Å². The van der Waals surface area contributed by atoms with Crippen molar-refractivity contribution >= 4 is 16.9 Å². The molecule has 0 N–H and O–H groups in total. The van der Waals surface area contributed by atoms with Crippen molar-refractivity contribution in [1.29, 1.82) is 0 Å². The summed E-state index contributed by atoms with van der Waals surface area (Å²) in [6.07, 6.45) is 1.68. The van der Waals surface area contributed by atoms with Crippen LogP contribution in [-0.4, -0.2) is 30.2 Å². The van der Waals surface area contributed by atoms with Gasteiger partial charge in [-0.1, -0.05) is 39.3 Å². The first-order chi connectivity index (χ1) is 15.8. The van der Waals surface area contributed by atoms with Crippen LogP contribution < -0.4 is 4.74 Å². The van der Waals surface area contributed by atoms with Crippen molar-refractivity contribution in [1.82, 2.24) is 4.57 Å². The number of carbonyl (C=O) groups is 1. The fourth-order valence-electron chi connectivity index (χ4n) is 4.73. The highest BCUT2D eigenvalue weighted by atomic mass is 19.3. The molecular formula is C27H31F2NO3. The van der Waals surface area contributed by atoms with E-state index < -0.39 is 11.9 Å². The van der Waals surface area contributed by atoms with Gasteiger partial charge in [-0.3, -0.25) is 0 Å². The second-order valence-electron chi connectivity index (χ2n) is 9.16. The van der Waals surface area contributed by atoms with Crippen molar-refractivity contribution in [2.45, 2.75) is 64.3 Å². The van der Waals surface area contributed by atoms with Crippen molar-refractivity contribution in [3.8, 4) is 16.9 Å². The van der Waals surface area contributed by atoms with Gasteiger partial charge in [-0.05, 0) is 48.2 Å². The molecule has 3 aromatic rings. The van der Waals surface area contributed by atoms with Crippen LogP contribution in [0.15, 0.2) is 42.5 Å². The lowest BCUT2D eigenvalue weighted by molar-refractivity contribution is -0.103. The Labute approximate surface area is 193 Å². The van der Waals surface area contributed by atoms with Gasteiger partial charge in [0.1, 0.15) is 5.75 Å². The van der Waals surface area contributed by atoms with Crippen molar-refractivity contribution < 1.29 is 23.0 Å². The molecular weight excluding hydrogens is 424 g/mol. The number of alkyl halides is 2. The van der Waals surface area contributed by atoms with Gasteiger partial charge in [-0.25, -0.2) is 13.6 Å². The van der Waals surface area contributed by atoms with Gasteiger partial charge >= 0.3 is 5.97 Å². The van der Waals surface area contributed by atoms with E-state index in [1.165, 1.54) is 7.11 Å². The van der Waals surface area contributed by atoms with E-state index >= 15 is 0 Å². The second-order valence-corrected chi connectivity index (χ2v) is 9.16. The van der Waals surface area contributed by atoms with Crippen LogP contribution in [-0.2, 0) is 4.74 Å². The average Bonchev–Trinajstić information content (AvgIpc) is 3.11. The maximum absolute atomic E-state index is 13.9. The summed E-state index contributed by atoms with van der Waals surface area (Å²) in [7, 11) is 1.36. The predicted molar refractivity (Wildman–Crippen MR) is 126 cm³/mol. The minimum absolute atomic E-state index is 0.0906. The summed E-state index contributed by atoms with van der Waals surface area (Å²) in [5.41, 5.74) is 4.19. The normalized spacial score (nSPS) is 15.6. The Morgan fingerprint density at radius 2 is 1.94 bits per heavy atom. The van der Waals surface area contributed by atoms with Crippen LogP contribution in [0, 0.1) is 0 Å². The van der Waals surface area contributed by atoms with Gasteiger partial charge in [-0.2, -0.15) is 0 Å². The van der Waals surface area contributed by atoms with Crippen molar-refractivity contribution in [3.05, 3.63) is 53.7 Å². The first-order valence-electron chi connectivity index (χ1n) is 11.6. The molecule has 0 unspecified atom stereocenters. The minimum Gasteiger partial charge on any atom is -0.494 e. The van der Waals surface area contributed by atoms with E-state index in [0.29, 0.717) is 12.2 Å². The van der Waals surface area contributed by atoms with E-state index in [0.717, 1.165) is 46.3 Å². The molecule has 1 fully saturated rings. The number of methoxy groups -OCH3 is 1. The molecule has 2 aromatic carbocycles. The number of unbranched alkanes of at least 4 members (excludes halogenated alkanes) is 1. The van der Waals surface area contributed by atoms with Crippen LogP contribution in [0.5, 0.6) is 5.75 Å². The molecule has 0 bridgehead atoms. The Hall–Kier alpha value is -2.89. The number of aromatic nitrogens is 1. The maximum Gasteiger partial charge on any atom is 0.337 e. The maximum atomic E-state index is 13.9. The van der Waals surface area contributed by atoms with Crippen molar-refractivity contribution in [2.24, 2.45) is 0 Å². The van der Waals surface area contributed by atoms with Gasteiger partial charge < -0.3 is 14.0 Å². The summed E-state index contributed by atoms with van der Waals surface area (Å²) >= 11 is 0. The standard InChI is InChI=1S/C27H31F2NO3/c1-5-6-12-33-21-10-11-23-22(14-21)24(18-8-7-9-19(13-18)26(31)32-4)25(17(2)3)30(23)20-15-27(28,29)16-20/h7-11,13-14,17,20H,5-6,12,15-16H2,1-4H3. The van der Waals surface area contributed by atoms with E-state index in [4.69, 9.17) is 9.47 Å². The number of esters is 1. The molecule has 1 aromatic heterocycles. The largest absolute Gasteiger partial charge is 0.494 e. The van der Waals surface area contributed by atoms with E-state index in [1.54, 1.807) is 6.07 Å². The molecule has 1 aliphatic rings. The van der Waals surface area contributed by atoms with Crippen LogP contribution >= 0.6 is 0 Å². The summed E-state index contributed by atoms with van der Waals surface area (Å²) in [4.78, 5) is 12.2. The first kappa shape index (κ1) is 23.3. The lowest BCUT2D eigenvalue weighted by Gasteiger charge is -2.38. The van der Waals surface area contributed by atoms with Gasteiger partial charge in [0.05, 0.1) is 19.3 Å². The highest BCUT2D eigenvalue weighted by Gasteiger charge is 2.47. The average molecular weight is 456 g/mol. The fraction of sp³-hybridized carbons (Fsp3) is 0.444. The third-order valence-electron chi connectivity index (χ3n) is 6.33. The molecule has 1 saturated carbocycles. The predicted octanol–water partition coefficient (Wildman–Crippen LogP) is 7.37. The van der Waals surface area contributed by atoms with Crippen molar-refractivity contribution in [3.63, 3.8) is 0 Å². The summed E-state index contributed by atoms with van der Waals surface area (Å²) in [6.45, 7) is 6.89. The highest BCUT2D eigenvalue weighted by molar-refractivity contribution is 6.01. The first-order valence-corrected chi connectivity index (χ1v) is 11.6. The number of hydrogen-bond donors (Lipinski definition) is 0. The number of ether oxygens (including phenoxy) is 2. The molecule has 4 rings (SSSR count). The Morgan fingerprint density at radius 1 is 1.18 bits per heavy atom. The van der Waals surface area contributed by atoms with E-state index in [9.17, 15) is 13.6 Å². The van der Waals surface area contributed by atoms with Crippen LogP contribution in [0.2, 0.25) is 0 Å². The smallest absolute Gasteiger partial charge is 0.337 e. The molecule has 6 heteroatoms. The minimum atomic E-state index is -2.62. The molecule has 0 amide bonds. The van der Waals surface area contributed by atoms with E-state index in [1.807, 2.05) is 36.4 Å². The molecule has 0 radical (unpaired) electrons. The van der Waals surface area contributed by atoms with Gasteiger partial charge in [-0.15, -0.1) is 0 Å². The highest BCUT2D eigenvalue weighted by Crippen LogP contribution is 2.51. The van der Waals surface area contributed by atoms with Crippen LogP contribution in [0.4, 0.5) is 8.78 Å². The number of rotatable bonds is 8. The second kappa shape index (κ2) is 9.16. The fourth-order valence-corrected chi connectivity index (χ4v) is 4.73. The molecule has 1 aliphatic carbocycles. The van der Waals surface area contributed by atoms with E-state index in [-0.39, 0.29) is 24.8 Å². The lowest BCUT2D eigenvalue weighted by atomic mass is 9.87. The topological polar surface area (TPSA) is 40.5 Å². The number of benzene rings is 2. The zero-order valence-electron chi connectivity index (χ0n) is 19.7. The Kier molecular flexibility index (Phi) is 6.46. The van der Waals surface area contributed by atoms with E-state index in [2.05, 4.69) is 25.3 Å². The summed E-state index contributed by atoms with van der Waals surface area (Å²) in [6, 6.07) is 13.0. The third-order valence-corrected chi connectivity index (χ3v) is 6.33. The zero-order valence-corrected chi connectivity index (χ0v) is 19.7. The summed E-state index contributed by atoms with van der Waals surface area (Å²) in [5.74, 6) is -2.18. The Morgan fingerprint density at radius 3 is 2.58 bits per heavy atom.